The molecule has 2 aliphatic rings. The molecule has 0 atom stereocenters. The zero-order valence-electron chi connectivity index (χ0n) is 11.9. The molecule has 0 unspecified atom stereocenters. The molecule has 2 rings (SSSR count). The lowest BCUT2D eigenvalue weighted by Gasteiger charge is -2.31. The molecule has 0 saturated heterocycles. The van der Waals surface area contributed by atoms with Gasteiger partial charge in [0.2, 0.25) is 0 Å². The van der Waals surface area contributed by atoms with Crippen molar-refractivity contribution in [2.24, 2.45) is 10.4 Å². The van der Waals surface area contributed by atoms with E-state index in [1.54, 1.807) is 0 Å². The minimum atomic E-state index is 0.564. The van der Waals surface area contributed by atoms with E-state index >= 15 is 0 Å². The molecule has 0 aromatic rings. The predicted molar refractivity (Wildman–Crippen MR) is 81.5 cm³/mol. The number of nitrogens with one attached hydrogen (secondary N) is 1. The highest BCUT2D eigenvalue weighted by Crippen LogP contribution is 2.43. The maximum Gasteiger partial charge on any atom is 0.156 e. The van der Waals surface area contributed by atoms with Crippen molar-refractivity contribution in [1.82, 2.24) is 10.2 Å². The minimum Gasteiger partial charge on any atom is -0.364 e. The zero-order valence-corrected chi connectivity index (χ0v) is 12.7. The van der Waals surface area contributed by atoms with Crippen LogP contribution in [0.15, 0.2) is 4.99 Å². The average Bonchev–Trinajstić information content (AvgIpc) is 2.86. The number of amidine groups is 1. The Morgan fingerprint density at radius 2 is 2.00 bits per heavy atom. The van der Waals surface area contributed by atoms with Crippen molar-refractivity contribution >= 4 is 16.9 Å². The molecule has 104 valence electrons. The Morgan fingerprint density at radius 1 is 1.28 bits per heavy atom. The third kappa shape index (κ3) is 3.64. The lowest BCUT2D eigenvalue weighted by atomic mass is 9.89. The van der Waals surface area contributed by atoms with Crippen molar-refractivity contribution in [1.29, 1.82) is 0 Å². The van der Waals surface area contributed by atoms with Gasteiger partial charge in [0.05, 0.1) is 0 Å². The van der Waals surface area contributed by atoms with Gasteiger partial charge >= 0.3 is 0 Å². The zero-order chi connectivity index (χ0) is 12.8. The van der Waals surface area contributed by atoms with Gasteiger partial charge in [0, 0.05) is 25.4 Å². The first-order chi connectivity index (χ1) is 8.78. The highest BCUT2D eigenvalue weighted by Gasteiger charge is 2.36. The van der Waals surface area contributed by atoms with Crippen LogP contribution in [-0.4, -0.2) is 48.5 Å². The summed E-state index contributed by atoms with van der Waals surface area (Å²) in [4.78, 5) is 7.21. The Labute approximate surface area is 116 Å². The Hall–Kier alpha value is -0.220. The van der Waals surface area contributed by atoms with Crippen molar-refractivity contribution in [3.05, 3.63) is 0 Å². The van der Waals surface area contributed by atoms with Crippen LogP contribution < -0.4 is 5.32 Å². The Balaban J connectivity index is 1.70. The maximum atomic E-state index is 4.76. The van der Waals surface area contributed by atoms with Gasteiger partial charge in [-0.15, -0.1) is 0 Å². The Kier molecular flexibility index (Phi) is 5.37. The van der Waals surface area contributed by atoms with Gasteiger partial charge in [-0.3, -0.25) is 4.99 Å². The second kappa shape index (κ2) is 6.80. The standard InChI is InChI=1S/C14H27N3S/c1-3-17(4-2)10-9-15-13-16-11-14(12-18-13)7-5-6-8-14/h3-12H2,1-2H3,(H,15,16). The van der Waals surface area contributed by atoms with Gasteiger partial charge in [-0.25, -0.2) is 0 Å². The molecule has 4 heteroatoms. The number of nitrogens with zero attached hydrogens (tertiary/aromatic N) is 2. The van der Waals surface area contributed by atoms with E-state index in [-0.39, 0.29) is 0 Å². The molecule has 1 N–H and O–H groups in total. The first-order valence-corrected chi connectivity index (χ1v) is 8.40. The topological polar surface area (TPSA) is 27.6 Å². The number of hydrogen-bond acceptors (Lipinski definition) is 4. The number of hydrogen-bond donors (Lipinski definition) is 1. The molecule has 1 heterocycles. The number of likely N-dealkylation sites (N-methyl/N-ethyl adjacent to an activating group) is 1. The summed E-state index contributed by atoms with van der Waals surface area (Å²) in [5, 5.41) is 4.68. The summed E-state index contributed by atoms with van der Waals surface area (Å²) in [6, 6.07) is 0. The summed E-state index contributed by atoms with van der Waals surface area (Å²) < 4.78 is 0. The molecule has 1 fully saturated rings. The molecule has 18 heavy (non-hydrogen) atoms. The van der Waals surface area contributed by atoms with Gasteiger partial charge in [-0.2, -0.15) is 0 Å². The fraction of sp³-hybridized carbons (Fsp3) is 0.929. The van der Waals surface area contributed by atoms with Crippen molar-refractivity contribution in [3.8, 4) is 0 Å². The van der Waals surface area contributed by atoms with Crippen LogP contribution in [0, 0.1) is 5.41 Å². The highest BCUT2D eigenvalue weighted by atomic mass is 32.2. The van der Waals surface area contributed by atoms with E-state index in [4.69, 9.17) is 4.99 Å². The first-order valence-electron chi connectivity index (χ1n) is 7.41. The van der Waals surface area contributed by atoms with Crippen LogP contribution in [0.3, 0.4) is 0 Å². The van der Waals surface area contributed by atoms with Gasteiger partial charge in [-0.1, -0.05) is 38.5 Å². The van der Waals surface area contributed by atoms with E-state index in [2.05, 4.69) is 24.1 Å². The molecule has 0 aromatic carbocycles. The molecular formula is C14H27N3S. The lowest BCUT2D eigenvalue weighted by Crippen LogP contribution is -2.37. The van der Waals surface area contributed by atoms with Crippen LogP contribution in [0.25, 0.3) is 0 Å². The second-order valence-electron chi connectivity index (χ2n) is 5.57. The Bertz CT molecular complexity index is 281. The number of rotatable bonds is 5. The molecule has 0 aromatic heterocycles. The first kappa shape index (κ1) is 14.2. The summed E-state index contributed by atoms with van der Waals surface area (Å²) >= 11 is 1.95. The van der Waals surface area contributed by atoms with Crippen molar-refractivity contribution in [3.63, 3.8) is 0 Å². The average molecular weight is 269 g/mol. The summed E-state index contributed by atoms with van der Waals surface area (Å²) in [7, 11) is 0. The van der Waals surface area contributed by atoms with Crippen LogP contribution in [0.5, 0.6) is 0 Å². The molecular weight excluding hydrogens is 242 g/mol. The van der Waals surface area contributed by atoms with E-state index in [0.29, 0.717) is 5.41 Å². The third-order valence-corrected chi connectivity index (χ3v) is 5.64. The van der Waals surface area contributed by atoms with Crippen LogP contribution in [-0.2, 0) is 0 Å². The van der Waals surface area contributed by atoms with Crippen molar-refractivity contribution < 1.29 is 0 Å². The summed E-state index contributed by atoms with van der Waals surface area (Å²) in [5.41, 5.74) is 0.564. The summed E-state index contributed by atoms with van der Waals surface area (Å²) in [6.45, 7) is 9.94. The number of aliphatic imine (C=N–C) groups is 1. The molecule has 1 aliphatic carbocycles. The molecule has 3 nitrogen and oxygen atoms in total. The molecule has 1 saturated carbocycles. The van der Waals surface area contributed by atoms with E-state index in [1.807, 2.05) is 11.8 Å². The Morgan fingerprint density at radius 3 is 2.56 bits per heavy atom. The predicted octanol–water partition coefficient (Wildman–Crippen LogP) is 2.58. The monoisotopic (exact) mass is 269 g/mol. The SMILES string of the molecule is CCN(CC)CCNC1=NCC2(CCCC2)CS1. The summed E-state index contributed by atoms with van der Waals surface area (Å²) in [6.07, 6.45) is 5.63. The third-order valence-electron chi connectivity index (χ3n) is 4.34. The van der Waals surface area contributed by atoms with Crippen LogP contribution in [0.1, 0.15) is 39.5 Å². The summed E-state index contributed by atoms with van der Waals surface area (Å²) in [5.74, 6) is 1.28. The normalized spacial score (nSPS) is 22.5. The van der Waals surface area contributed by atoms with Crippen molar-refractivity contribution in [2.75, 3.05) is 38.5 Å². The van der Waals surface area contributed by atoms with E-state index in [0.717, 1.165) is 32.7 Å². The van der Waals surface area contributed by atoms with Crippen LogP contribution >= 0.6 is 11.8 Å². The minimum absolute atomic E-state index is 0.564. The largest absolute Gasteiger partial charge is 0.364 e. The fourth-order valence-electron chi connectivity index (χ4n) is 2.95. The lowest BCUT2D eigenvalue weighted by molar-refractivity contribution is 0.308. The van der Waals surface area contributed by atoms with Gasteiger partial charge in [0.1, 0.15) is 0 Å². The highest BCUT2D eigenvalue weighted by molar-refractivity contribution is 8.13. The molecule has 1 spiro atoms. The molecule has 0 bridgehead atoms. The van der Waals surface area contributed by atoms with Crippen molar-refractivity contribution in [2.45, 2.75) is 39.5 Å². The van der Waals surface area contributed by atoms with Gasteiger partial charge in [0.25, 0.3) is 0 Å². The molecule has 0 radical (unpaired) electrons. The second-order valence-corrected chi connectivity index (χ2v) is 6.53. The number of thioether (sulfide) groups is 1. The van der Waals surface area contributed by atoms with Crippen LogP contribution in [0.4, 0.5) is 0 Å². The quantitative estimate of drug-likeness (QED) is 0.831. The fourth-order valence-corrected chi connectivity index (χ4v) is 4.13. The van der Waals surface area contributed by atoms with E-state index in [1.165, 1.54) is 36.6 Å². The van der Waals surface area contributed by atoms with Gasteiger partial charge in [0.15, 0.2) is 5.17 Å². The molecule has 0 amide bonds. The smallest absolute Gasteiger partial charge is 0.156 e. The molecule has 1 aliphatic heterocycles. The van der Waals surface area contributed by atoms with E-state index < -0.39 is 0 Å². The van der Waals surface area contributed by atoms with Gasteiger partial charge in [-0.05, 0) is 31.3 Å². The maximum absolute atomic E-state index is 4.76. The van der Waals surface area contributed by atoms with Crippen LogP contribution in [0.2, 0.25) is 0 Å². The van der Waals surface area contributed by atoms with E-state index in [9.17, 15) is 0 Å². The van der Waals surface area contributed by atoms with Gasteiger partial charge < -0.3 is 10.2 Å².